The molecule has 11 heteroatoms. The molecule has 10 nitrogen and oxygen atoms in total. The molecule has 3 aromatic carbocycles. The minimum absolute atomic E-state index is 0.0200. The second-order valence-corrected chi connectivity index (χ2v) is 13.5. The fraction of sp³-hybridized carbons (Fsp3) is 0.290. The molecule has 0 aromatic heterocycles. The Labute approximate surface area is 244 Å². The molecule has 0 aliphatic heterocycles. The Balaban J connectivity index is 1.99. The minimum atomic E-state index is -4.27. The number of hydrogen-bond acceptors (Lipinski definition) is 7. The summed E-state index contributed by atoms with van der Waals surface area (Å²) in [6.07, 6.45) is 0.748. The zero-order chi connectivity index (χ0) is 31.6. The number of carbonyl (C=O) groups excluding carboxylic acids is 2. The van der Waals surface area contributed by atoms with Gasteiger partial charge in [0, 0.05) is 33.5 Å². The smallest absolute Gasteiger partial charge is 0.336 e. The maximum Gasteiger partial charge on any atom is 0.336 e. The third-order valence-corrected chi connectivity index (χ3v) is 8.42. The Bertz CT molecular complexity index is 1690. The van der Waals surface area contributed by atoms with E-state index < -0.39 is 38.9 Å². The van der Waals surface area contributed by atoms with E-state index in [0.717, 1.165) is 30.7 Å². The number of aromatic carboxylic acids is 2. The quantitative estimate of drug-likeness (QED) is 0.206. The van der Waals surface area contributed by atoms with E-state index in [1.54, 1.807) is 26.8 Å². The maximum atomic E-state index is 13.5. The van der Waals surface area contributed by atoms with Gasteiger partial charge in [-0.3, -0.25) is 9.59 Å². The standard InChI is InChI=1S/C31H34N2O8S/c1-7-31(5,6)33-21-14-19(28(36)37)13-20(16-21)32-27(35)18-9-8-10-22(15-18)42(40,41)23-11-12-24(29(38)39)25(17-23)26(34)30(2,3)4/h8-17,33H,7H2,1-6H3,(H,32,35)(H,36,37)(H,38,39). The van der Waals surface area contributed by atoms with Crippen LogP contribution in [0.15, 0.2) is 70.5 Å². The van der Waals surface area contributed by atoms with Crippen molar-refractivity contribution in [2.45, 2.75) is 63.3 Å². The molecule has 0 saturated carbocycles. The third-order valence-electron chi connectivity index (χ3n) is 6.67. The van der Waals surface area contributed by atoms with Crippen molar-refractivity contribution in [1.29, 1.82) is 0 Å². The molecular formula is C31H34N2O8S. The van der Waals surface area contributed by atoms with E-state index in [1.165, 1.54) is 30.3 Å². The van der Waals surface area contributed by atoms with Crippen LogP contribution in [-0.4, -0.2) is 47.8 Å². The first-order valence-corrected chi connectivity index (χ1v) is 14.6. The molecule has 0 bridgehead atoms. The van der Waals surface area contributed by atoms with Crippen molar-refractivity contribution in [2.24, 2.45) is 5.41 Å². The molecule has 0 fully saturated rings. The number of Topliss-reactive ketones (excluding diaryl/α,β-unsaturated/α-hetero) is 1. The SMILES string of the molecule is CCC(C)(C)Nc1cc(NC(=O)c2cccc(S(=O)(=O)c3ccc(C(=O)O)c(C(=O)C(C)(C)C)c3)c2)cc(C(=O)O)c1. The molecule has 222 valence electrons. The van der Waals surface area contributed by atoms with Gasteiger partial charge in [0.05, 0.1) is 20.9 Å². The number of amides is 1. The molecular weight excluding hydrogens is 560 g/mol. The fourth-order valence-corrected chi connectivity index (χ4v) is 5.32. The van der Waals surface area contributed by atoms with Crippen LogP contribution in [-0.2, 0) is 9.84 Å². The van der Waals surface area contributed by atoms with Crippen molar-refractivity contribution in [2.75, 3.05) is 10.6 Å². The van der Waals surface area contributed by atoms with Gasteiger partial charge in [-0.15, -0.1) is 0 Å². The topological polar surface area (TPSA) is 167 Å². The highest BCUT2D eigenvalue weighted by molar-refractivity contribution is 7.91. The maximum absolute atomic E-state index is 13.5. The van der Waals surface area contributed by atoms with Crippen LogP contribution < -0.4 is 10.6 Å². The molecule has 0 unspecified atom stereocenters. The van der Waals surface area contributed by atoms with Crippen molar-refractivity contribution in [1.82, 2.24) is 0 Å². The van der Waals surface area contributed by atoms with Crippen LogP contribution in [0.25, 0.3) is 0 Å². The van der Waals surface area contributed by atoms with E-state index in [-0.39, 0.29) is 43.3 Å². The van der Waals surface area contributed by atoms with Gasteiger partial charge in [-0.05, 0) is 74.9 Å². The van der Waals surface area contributed by atoms with E-state index in [4.69, 9.17) is 0 Å². The van der Waals surface area contributed by atoms with Crippen molar-refractivity contribution in [3.8, 4) is 0 Å². The fourth-order valence-electron chi connectivity index (χ4n) is 3.99. The Morgan fingerprint density at radius 3 is 1.93 bits per heavy atom. The molecule has 0 atom stereocenters. The van der Waals surface area contributed by atoms with Gasteiger partial charge in [0.1, 0.15) is 0 Å². The van der Waals surface area contributed by atoms with Gasteiger partial charge in [0.2, 0.25) is 9.84 Å². The van der Waals surface area contributed by atoms with Crippen molar-refractivity contribution in [3.05, 3.63) is 82.9 Å². The first-order chi connectivity index (χ1) is 19.4. The van der Waals surface area contributed by atoms with Gasteiger partial charge < -0.3 is 20.8 Å². The van der Waals surface area contributed by atoms with Crippen LogP contribution in [0.4, 0.5) is 11.4 Å². The van der Waals surface area contributed by atoms with Crippen LogP contribution in [0.1, 0.15) is 89.4 Å². The van der Waals surface area contributed by atoms with E-state index in [2.05, 4.69) is 10.6 Å². The monoisotopic (exact) mass is 594 g/mol. The van der Waals surface area contributed by atoms with Crippen LogP contribution >= 0.6 is 0 Å². The lowest BCUT2D eigenvalue weighted by molar-refractivity contribution is 0.0682. The van der Waals surface area contributed by atoms with E-state index >= 15 is 0 Å². The molecule has 42 heavy (non-hydrogen) atoms. The minimum Gasteiger partial charge on any atom is -0.478 e. The summed E-state index contributed by atoms with van der Waals surface area (Å²) in [6, 6.07) is 12.8. The zero-order valence-electron chi connectivity index (χ0n) is 24.2. The number of carboxylic acid groups (broad SMARTS) is 2. The molecule has 0 radical (unpaired) electrons. The Morgan fingerprint density at radius 1 is 0.738 bits per heavy atom. The van der Waals surface area contributed by atoms with E-state index in [1.807, 2.05) is 20.8 Å². The number of carboxylic acids is 2. The number of rotatable bonds is 10. The van der Waals surface area contributed by atoms with Gasteiger partial charge in [0.15, 0.2) is 5.78 Å². The average Bonchev–Trinajstić information content (AvgIpc) is 2.91. The predicted molar refractivity (Wildman–Crippen MR) is 158 cm³/mol. The second kappa shape index (κ2) is 11.8. The Morgan fingerprint density at radius 2 is 1.36 bits per heavy atom. The van der Waals surface area contributed by atoms with E-state index in [9.17, 15) is 37.8 Å². The Hall–Kier alpha value is -4.51. The number of carbonyl (C=O) groups is 4. The summed E-state index contributed by atoms with van der Waals surface area (Å²) in [7, 11) is -4.27. The third kappa shape index (κ3) is 7.22. The molecule has 3 rings (SSSR count). The van der Waals surface area contributed by atoms with Gasteiger partial charge in [0.25, 0.3) is 5.91 Å². The largest absolute Gasteiger partial charge is 0.478 e. The zero-order valence-corrected chi connectivity index (χ0v) is 25.0. The van der Waals surface area contributed by atoms with Crippen LogP contribution in [0.5, 0.6) is 0 Å². The summed E-state index contributed by atoms with van der Waals surface area (Å²) < 4.78 is 27.1. The normalized spacial score (nSPS) is 12.0. The molecule has 0 aliphatic carbocycles. The summed E-state index contributed by atoms with van der Waals surface area (Å²) in [5, 5.41) is 25.0. The molecule has 0 heterocycles. The van der Waals surface area contributed by atoms with E-state index in [0.29, 0.717) is 5.69 Å². The summed E-state index contributed by atoms with van der Waals surface area (Å²) in [5.74, 6) is -3.77. The number of ketones is 1. The van der Waals surface area contributed by atoms with Crippen LogP contribution in [0.2, 0.25) is 0 Å². The molecule has 0 saturated heterocycles. The summed E-state index contributed by atoms with van der Waals surface area (Å²) in [4.78, 5) is 49.0. The van der Waals surface area contributed by atoms with Crippen molar-refractivity contribution >= 4 is 44.8 Å². The van der Waals surface area contributed by atoms with Crippen molar-refractivity contribution < 1.29 is 37.8 Å². The number of nitrogens with one attached hydrogen (secondary N) is 2. The molecule has 1 amide bonds. The lowest BCUT2D eigenvalue weighted by Gasteiger charge is -2.26. The molecule has 3 aromatic rings. The molecule has 0 aliphatic rings. The van der Waals surface area contributed by atoms with Gasteiger partial charge in [-0.2, -0.15) is 0 Å². The first-order valence-electron chi connectivity index (χ1n) is 13.1. The summed E-state index contributed by atoms with van der Waals surface area (Å²) in [5.41, 5.74) is -1.26. The van der Waals surface area contributed by atoms with Gasteiger partial charge >= 0.3 is 11.9 Å². The lowest BCUT2D eigenvalue weighted by Crippen LogP contribution is -2.29. The molecule has 0 spiro atoms. The van der Waals surface area contributed by atoms with Crippen molar-refractivity contribution in [3.63, 3.8) is 0 Å². The second-order valence-electron chi connectivity index (χ2n) is 11.5. The Kier molecular flexibility index (Phi) is 8.97. The molecule has 4 N–H and O–H groups in total. The average molecular weight is 595 g/mol. The number of anilines is 2. The lowest BCUT2D eigenvalue weighted by atomic mass is 9.85. The van der Waals surface area contributed by atoms with Gasteiger partial charge in [-0.25, -0.2) is 18.0 Å². The highest BCUT2D eigenvalue weighted by Crippen LogP contribution is 2.29. The van der Waals surface area contributed by atoms with Crippen LogP contribution in [0.3, 0.4) is 0 Å². The number of benzene rings is 3. The summed E-state index contributed by atoms with van der Waals surface area (Å²) >= 11 is 0. The summed E-state index contributed by atoms with van der Waals surface area (Å²) in [6.45, 7) is 10.7. The predicted octanol–water partition coefficient (Wildman–Crippen LogP) is 6.00. The highest BCUT2D eigenvalue weighted by atomic mass is 32.2. The number of sulfone groups is 1. The first kappa shape index (κ1) is 32.0. The highest BCUT2D eigenvalue weighted by Gasteiger charge is 2.30. The van der Waals surface area contributed by atoms with Crippen LogP contribution in [0, 0.1) is 5.41 Å². The number of hydrogen-bond donors (Lipinski definition) is 4. The van der Waals surface area contributed by atoms with Gasteiger partial charge in [-0.1, -0.05) is 33.8 Å².